The van der Waals surface area contributed by atoms with Crippen molar-refractivity contribution in [1.29, 1.82) is 0 Å². The lowest BCUT2D eigenvalue weighted by Crippen LogP contribution is -2.11. The minimum atomic E-state index is 0.421. The molecule has 0 radical (unpaired) electrons. The number of halogens is 1. The van der Waals surface area contributed by atoms with E-state index >= 15 is 0 Å². The van der Waals surface area contributed by atoms with E-state index in [1.807, 2.05) is 19.9 Å². The summed E-state index contributed by atoms with van der Waals surface area (Å²) in [5.41, 5.74) is 2.85. The standard InChI is InChI=1S/C9H11ClN2O/c1-6-3-8(4-11-5-13)12-9(10)7(6)2/h3,5H,4H2,1-2H3,(H,11,13). The van der Waals surface area contributed by atoms with E-state index in [4.69, 9.17) is 11.6 Å². The molecule has 0 aliphatic rings. The molecular formula is C9H11ClN2O. The number of hydrogen-bond acceptors (Lipinski definition) is 2. The van der Waals surface area contributed by atoms with Crippen molar-refractivity contribution in [3.05, 3.63) is 28.0 Å². The molecule has 1 amide bonds. The van der Waals surface area contributed by atoms with Crippen molar-refractivity contribution in [3.63, 3.8) is 0 Å². The number of rotatable bonds is 3. The molecule has 0 aliphatic carbocycles. The second kappa shape index (κ2) is 4.23. The van der Waals surface area contributed by atoms with Crippen LogP contribution < -0.4 is 5.32 Å². The maximum Gasteiger partial charge on any atom is 0.207 e. The lowest BCUT2D eigenvalue weighted by atomic mass is 10.1. The van der Waals surface area contributed by atoms with Crippen LogP contribution in [-0.2, 0) is 11.3 Å². The number of nitrogens with zero attached hydrogens (tertiary/aromatic N) is 1. The Labute approximate surface area is 82.1 Å². The molecule has 1 rings (SSSR count). The molecule has 0 aliphatic heterocycles. The van der Waals surface area contributed by atoms with Crippen molar-refractivity contribution >= 4 is 18.0 Å². The van der Waals surface area contributed by atoms with Gasteiger partial charge in [0.25, 0.3) is 0 Å². The Balaban J connectivity index is 2.92. The molecule has 0 saturated heterocycles. The fraction of sp³-hybridized carbons (Fsp3) is 0.333. The van der Waals surface area contributed by atoms with Gasteiger partial charge in [-0.25, -0.2) is 4.98 Å². The van der Waals surface area contributed by atoms with Gasteiger partial charge in [-0.3, -0.25) is 4.79 Å². The van der Waals surface area contributed by atoms with Crippen molar-refractivity contribution in [1.82, 2.24) is 10.3 Å². The summed E-state index contributed by atoms with van der Waals surface area (Å²) in [6, 6.07) is 1.91. The van der Waals surface area contributed by atoms with Crippen molar-refractivity contribution < 1.29 is 4.79 Å². The molecule has 1 aromatic heterocycles. The number of nitrogens with one attached hydrogen (secondary N) is 1. The zero-order valence-electron chi connectivity index (χ0n) is 7.60. The third kappa shape index (κ3) is 2.42. The zero-order chi connectivity index (χ0) is 9.84. The first-order valence-corrected chi connectivity index (χ1v) is 4.32. The lowest BCUT2D eigenvalue weighted by molar-refractivity contribution is -0.109. The summed E-state index contributed by atoms with van der Waals surface area (Å²) in [6.45, 7) is 4.30. The Kier molecular flexibility index (Phi) is 3.25. The minimum absolute atomic E-state index is 0.421. The highest BCUT2D eigenvalue weighted by atomic mass is 35.5. The van der Waals surface area contributed by atoms with Gasteiger partial charge in [-0.2, -0.15) is 0 Å². The summed E-state index contributed by atoms with van der Waals surface area (Å²) >= 11 is 5.87. The van der Waals surface area contributed by atoms with E-state index in [9.17, 15) is 4.79 Å². The predicted molar refractivity (Wildman–Crippen MR) is 51.6 cm³/mol. The normalized spacial score (nSPS) is 9.77. The highest BCUT2D eigenvalue weighted by Crippen LogP contribution is 2.16. The molecule has 1 N–H and O–H groups in total. The number of aromatic nitrogens is 1. The molecule has 0 atom stereocenters. The highest BCUT2D eigenvalue weighted by molar-refractivity contribution is 6.30. The van der Waals surface area contributed by atoms with Gasteiger partial charge in [0.15, 0.2) is 0 Å². The predicted octanol–water partition coefficient (Wildman–Crippen LogP) is 1.60. The number of amides is 1. The summed E-state index contributed by atoms with van der Waals surface area (Å²) < 4.78 is 0. The van der Waals surface area contributed by atoms with E-state index in [1.54, 1.807) is 0 Å². The average Bonchev–Trinajstić information content (AvgIpc) is 2.10. The number of carbonyl (C=O) groups excluding carboxylic acids is 1. The van der Waals surface area contributed by atoms with Gasteiger partial charge in [-0.15, -0.1) is 0 Å². The Morgan fingerprint density at radius 3 is 2.85 bits per heavy atom. The SMILES string of the molecule is Cc1cc(CNC=O)nc(Cl)c1C. The molecule has 0 bridgehead atoms. The summed E-state index contributed by atoms with van der Waals surface area (Å²) in [5, 5.41) is 3.04. The summed E-state index contributed by atoms with van der Waals surface area (Å²) in [5.74, 6) is 0. The fourth-order valence-electron chi connectivity index (χ4n) is 1.000. The van der Waals surface area contributed by atoms with Crippen LogP contribution in [0, 0.1) is 13.8 Å². The number of aryl methyl sites for hydroxylation is 1. The maximum atomic E-state index is 10.0. The van der Waals surface area contributed by atoms with Crippen LogP contribution >= 0.6 is 11.6 Å². The molecule has 0 spiro atoms. The van der Waals surface area contributed by atoms with E-state index in [1.165, 1.54) is 0 Å². The topological polar surface area (TPSA) is 42.0 Å². The molecule has 0 unspecified atom stereocenters. The molecule has 0 aromatic carbocycles. The van der Waals surface area contributed by atoms with Crippen molar-refractivity contribution in [2.45, 2.75) is 20.4 Å². The highest BCUT2D eigenvalue weighted by Gasteiger charge is 2.03. The molecule has 1 heterocycles. The lowest BCUT2D eigenvalue weighted by Gasteiger charge is -2.05. The maximum absolute atomic E-state index is 10.0. The largest absolute Gasteiger partial charge is 0.353 e. The van der Waals surface area contributed by atoms with Gasteiger partial charge in [0, 0.05) is 0 Å². The van der Waals surface area contributed by atoms with Crippen molar-refractivity contribution in [2.75, 3.05) is 0 Å². The third-order valence-corrected chi connectivity index (χ3v) is 2.26. The van der Waals surface area contributed by atoms with Crippen LogP contribution in [0.1, 0.15) is 16.8 Å². The minimum Gasteiger partial charge on any atom is -0.353 e. The van der Waals surface area contributed by atoms with Gasteiger partial charge >= 0.3 is 0 Å². The number of pyridine rings is 1. The Morgan fingerprint density at radius 1 is 1.62 bits per heavy atom. The summed E-state index contributed by atoms with van der Waals surface area (Å²) in [4.78, 5) is 14.2. The number of hydrogen-bond donors (Lipinski definition) is 1. The smallest absolute Gasteiger partial charge is 0.207 e. The van der Waals surface area contributed by atoms with E-state index in [-0.39, 0.29) is 0 Å². The van der Waals surface area contributed by atoms with Crippen molar-refractivity contribution in [2.24, 2.45) is 0 Å². The molecule has 0 fully saturated rings. The van der Waals surface area contributed by atoms with Gasteiger partial charge in [0.05, 0.1) is 12.2 Å². The van der Waals surface area contributed by atoms with E-state index in [2.05, 4.69) is 10.3 Å². The monoisotopic (exact) mass is 198 g/mol. The molecule has 0 saturated carbocycles. The molecule has 1 aromatic rings. The first-order chi connectivity index (χ1) is 6.15. The molecule has 13 heavy (non-hydrogen) atoms. The van der Waals surface area contributed by atoms with E-state index < -0.39 is 0 Å². The first-order valence-electron chi connectivity index (χ1n) is 3.95. The van der Waals surface area contributed by atoms with Crippen LogP contribution in [0.2, 0.25) is 5.15 Å². The quantitative estimate of drug-likeness (QED) is 0.592. The van der Waals surface area contributed by atoms with Crippen LogP contribution in [0.4, 0.5) is 0 Å². The number of carbonyl (C=O) groups is 1. The fourth-order valence-corrected chi connectivity index (χ4v) is 1.26. The summed E-state index contributed by atoms with van der Waals surface area (Å²) in [7, 11) is 0. The van der Waals surface area contributed by atoms with E-state index in [0.717, 1.165) is 16.8 Å². The second-order valence-corrected chi connectivity index (χ2v) is 3.20. The average molecular weight is 199 g/mol. The van der Waals surface area contributed by atoms with Gasteiger partial charge in [-0.05, 0) is 31.0 Å². The zero-order valence-corrected chi connectivity index (χ0v) is 8.35. The Morgan fingerprint density at radius 2 is 2.31 bits per heavy atom. The molecule has 4 heteroatoms. The van der Waals surface area contributed by atoms with Crippen LogP contribution in [0.5, 0.6) is 0 Å². The van der Waals surface area contributed by atoms with Gasteiger partial charge in [-0.1, -0.05) is 11.6 Å². The summed E-state index contributed by atoms with van der Waals surface area (Å²) in [6.07, 6.45) is 0.644. The second-order valence-electron chi connectivity index (χ2n) is 2.85. The Hall–Kier alpha value is -1.09. The molecule has 3 nitrogen and oxygen atoms in total. The molecule has 70 valence electrons. The van der Waals surface area contributed by atoms with Gasteiger partial charge < -0.3 is 5.32 Å². The third-order valence-electron chi connectivity index (χ3n) is 1.89. The van der Waals surface area contributed by atoms with Crippen LogP contribution in [0.15, 0.2) is 6.07 Å². The first kappa shape index (κ1) is 9.99. The van der Waals surface area contributed by atoms with E-state index in [0.29, 0.717) is 18.1 Å². The van der Waals surface area contributed by atoms with Crippen LogP contribution in [-0.4, -0.2) is 11.4 Å². The molecular weight excluding hydrogens is 188 g/mol. The van der Waals surface area contributed by atoms with Gasteiger partial charge in [0.2, 0.25) is 6.41 Å². The van der Waals surface area contributed by atoms with Gasteiger partial charge in [0.1, 0.15) is 5.15 Å². The van der Waals surface area contributed by atoms with Crippen LogP contribution in [0.3, 0.4) is 0 Å². The Bertz CT molecular complexity index is 302. The van der Waals surface area contributed by atoms with Crippen molar-refractivity contribution in [3.8, 4) is 0 Å². The van der Waals surface area contributed by atoms with Crippen LogP contribution in [0.25, 0.3) is 0 Å².